The molecule has 212 valence electrons. The molecule has 14 heteroatoms. The minimum absolute atomic E-state index is 0.0203. The van der Waals surface area contributed by atoms with Crippen LogP contribution in [-0.2, 0) is 7.05 Å². The van der Waals surface area contributed by atoms with E-state index in [0.717, 1.165) is 6.07 Å². The molecule has 0 bridgehead atoms. The van der Waals surface area contributed by atoms with Crippen LogP contribution in [0, 0.1) is 17.1 Å². The molecule has 12 nitrogen and oxygen atoms in total. The Morgan fingerprint density at radius 1 is 1.24 bits per heavy atom. The van der Waals surface area contributed by atoms with E-state index in [-0.39, 0.29) is 56.6 Å². The number of nitrogens with zero attached hydrogens (tertiary/aromatic N) is 6. The molecule has 3 aromatic heterocycles. The molecule has 1 atom stereocenters. The first-order valence-electron chi connectivity index (χ1n) is 12.1. The number of nitrogens with one attached hydrogen (secondary N) is 1. The van der Waals surface area contributed by atoms with Crippen LogP contribution in [0.2, 0.25) is 5.02 Å². The maximum atomic E-state index is 14.9. The van der Waals surface area contributed by atoms with Crippen LogP contribution >= 0.6 is 11.6 Å². The van der Waals surface area contributed by atoms with Crippen molar-refractivity contribution < 1.29 is 23.8 Å². The number of anilines is 1. The molecule has 4 rings (SSSR count). The van der Waals surface area contributed by atoms with Gasteiger partial charge in [0.2, 0.25) is 5.88 Å². The highest BCUT2D eigenvalue weighted by Crippen LogP contribution is 2.38. The van der Waals surface area contributed by atoms with Crippen molar-refractivity contribution >= 4 is 23.3 Å². The maximum Gasteiger partial charge on any atom is 0.356 e. The Balaban J connectivity index is 2.08. The van der Waals surface area contributed by atoms with Gasteiger partial charge in [0.05, 0.1) is 42.7 Å². The largest absolute Gasteiger partial charge is 0.479 e. The zero-order valence-electron chi connectivity index (χ0n) is 22.6. The molecule has 0 saturated carbocycles. The monoisotopic (exact) mass is 581 g/mol. The van der Waals surface area contributed by atoms with Crippen LogP contribution in [0.5, 0.6) is 11.9 Å². The van der Waals surface area contributed by atoms with E-state index in [1.54, 1.807) is 6.07 Å². The Morgan fingerprint density at radius 3 is 2.56 bits per heavy atom. The molecule has 0 fully saturated rings. The fourth-order valence-corrected chi connectivity index (χ4v) is 4.67. The lowest BCUT2D eigenvalue weighted by molar-refractivity contribution is 0.0688. The van der Waals surface area contributed by atoms with E-state index in [2.05, 4.69) is 20.4 Å². The number of benzene rings is 1. The van der Waals surface area contributed by atoms with E-state index < -0.39 is 23.4 Å². The van der Waals surface area contributed by atoms with E-state index in [1.807, 2.05) is 13.8 Å². The van der Waals surface area contributed by atoms with Crippen LogP contribution in [-0.4, -0.2) is 49.6 Å². The van der Waals surface area contributed by atoms with Gasteiger partial charge in [0.15, 0.2) is 5.69 Å². The molecule has 1 aromatic carbocycles. The molecule has 0 amide bonds. The van der Waals surface area contributed by atoms with Gasteiger partial charge >= 0.3 is 12.0 Å². The molecule has 2 N–H and O–H groups in total. The van der Waals surface area contributed by atoms with Gasteiger partial charge in [0, 0.05) is 18.8 Å². The molecule has 0 aliphatic heterocycles. The Hall–Kier alpha value is -4.96. The predicted molar refractivity (Wildman–Crippen MR) is 147 cm³/mol. The Morgan fingerprint density at radius 2 is 1.98 bits per heavy atom. The number of aromatic carboxylic acids is 1. The molecule has 3 heterocycles. The van der Waals surface area contributed by atoms with Gasteiger partial charge in [-0.05, 0) is 29.7 Å². The topological polar surface area (TPSA) is 157 Å². The van der Waals surface area contributed by atoms with Gasteiger partial charge in [-0.1, -0.05) is 31.5 Å². The number of methoxy groups -OCH3 is 2. The van der Waals surface area contributed by atoms with Crippen molar-refractivity contribution in [1.82, 2.24) is 24.3 Å². The van der Waals surface area contributed by atoms with Crippen molar-refractivity contribution in [3.05, 3.63) is 85.9 Å². The van der Waals surface area contributed by atoms with Crippen molar-refractivity contribution in [2.24, 2.45) is 7.05 Å². The SMILES string of the molecule is COc1ncc(-n2nc(C(=O)O)c(C(Nc3cc(Cl)cn(C)c3=O)c3ccc(C#N)c(F)c3)c2C(C)C)c(OC)n1. The number of aryl methyl sites for hydroxylation is 1. The van der Waals surface area contributed by atoms with E-state index in [4.69, 9.17) is 21.1 Å². The smallest absolute Gasteiger partial charge is 0.356 e. The normalized spacial score (nSPS) is 11.7. The molecule has 1 unspecified atom stereocenters. The van der Waals surface area contributed by atoms with Crippen molar-refractivity contribution in [3.8, 4) is 23.6 Å². The van der Waals surface area contributed by atoms with Gasteiger partial charge in [0.1, 0.15) is 23.3 Å². The van der Waals surface area contributed by atoms with Crippen molar-refractivity contribution in [3.63, 3.8) is 0 Å². The zero-order valence-corrected chi connectivity index (χ0v) is 23.4. The number of ether oxygens (including phenoxy) is 2. The Bertz CT molecular complexity index is 1750. The second kappa shape index (κ2) is 11.6. The van der Waals surface area contributed by atoms with E-state index >= 15 is 0 Å². The maximum absolute atomic E-state index is 14.9. The number of rotatable bonds is 9. The summed E-state index contributed by atoms with van der Waals surface area (Å²) in [5, 5.41) is 27.2. The summed E-state index contributed by atoms with van der Waals surface area (Å²) >= 11 is 6.22. The zero-order chi connectivity index (χ0) is 30.0. The van der Waals surface area contributed by atoms with Crippen molar-refractivity contribution in [2.75, 3.05) is 19.5 Å². The molecule has 41 heavy (non-hydrogen) atoms. The third-order valence-electron chi connectivity index (χ3n) is 6.21. The molecule has 0 aliphatic carbocycles. The van der Waals surface area contributed by atoms with Gasteiger partial charge in [-0.25, -0.2) is 18.9 Å². The number of nitriles is 1. The van der Waals surface area contributed by atoms with Crippen LogP contribution < -0.4 is 20.3 Å². The summed E-state index contributed by atoms with van der Waals surface area (Å²) in [6.45, 7) is 3.63. The molecule has 4 aromatic rings. The van der Waals surface area contributed by atoms with Crippen LogP contribution in [0.4, 0.5) is 10.1 Å². The number of halogens is 2. The summed E-state index contributed by atoms with van der Waals surface area (Å²) in [6.07, 6.45) is 2.79. The number of carboxylic acids is 1. The molecule has 0 radical (unpaired) electrons. The molecule has 0 aliphatic rings. The number of aromatic nitrogens is 5. The Kier molecular flexibility index (Phi) is 8.25. The molecule has 0 spiro atoms. The van der Waals surface area contributed by atoms with Gasteiger partial charge in [-0.3, -0.25) is 4.79 Å². The van der Waals surface area contributed by atoms with Crippen molar-refractivity contribution in [1.29, 1.82) is 5.26 Å². The summed E-state index contributed by atoms with van der Waals surface area (Å²) in [4.78, 5) is 34.0. The first-order valence-corrected chi connectivity index (χ1v) is 12.5. The summed E-state index contributed by atoms with van der Waals surface area (Å²) in [6, 6.07) is 5.89. The molecular weight excluding hydrogens is 557 g/mol. The van der Waals surface area contributed by atoms with E-state index in [9.17, 15) is 24.3 Å². The summed E-state index contributed by atoms with van der Waals surface area (Å²) < 4.78 is 28.0. The van der Waals surface area contributed by atoms with Gasteiger partial charge in [0.25, 0.3) is 5.56 Å². The number of pyridine rings is 1. The number of carboxylic acid groups (broad SMARTS) is 1. The third kappa shape index (κ3) is 5.55. The Labute approximate surface area is 238 Å². The average molecular weight is 582 g/mol. The molecule has 0 saturated heterocycles. The van der Waals surface area contributed by atoms with Gasteiger partial charge < -0.3 is 24.5 Å². The predicted octanol–water partition coefficient (Wildman–Crippen LogP) is 4.07. The van der Waals surface area contributed by atoms with Crippen molar-refractivity contribution in [2.45, 2.75) is 25.8 Å². The second-order valence-electron chi connectivity index (χ2n) is 9.19. The first-order chi connectivity index (χ1) is 19.5. The van der Waals surface area contributed by atoms with Gasteiger partial charge in [-0.15, -0.1) is 0 Å². The fraction of sp³-hybridized carbons (Fsp3) is 0.259. The standard InChI is InChI=1S/C27H25ClFN7O5/c1-13(2)23-20(22(26(38)39)34-36(23)19-11-31-27(41-5)33-24(19)40-4)21(14-6-7-15(10-30)17(29)8-14)32-18-9-16(28)12-35(3)25(18)37/h6-9,11-13,21,32H,1-5H3,(H,38,39). The third-order valence-corrected chi connectivity index (χ3v) is 6.42. The molecular formula is C27H25ClFN7O5. The summed E-state index contributed by atoms with van der Waals surface area (Å²) in [5.41, 5.74) is -0.0584. The van der Waals surface area contributed by atoms with E-state index in [1.165, 1.54) is 61.1 Å². The summed E-state index contributed by atoms with van der Waals surface area (Å²) in [5.74, 6) is -2.51. The fourth-order valence-electron chi connectivity index (χ4n) is 4.42. The number of carbonyl (C=O) groups is 1. The summed E-state index contributed by atoms with van der Waals surface area (Å²) in [7, 11) is 4.27. The van der Waals surface area contributed by atoms with Gasteiger partial charge in [-0.2, -0.15) is 15.3 Å². The lowest BCUT2D eigenvalue weighted by Gasteiger charge is -2.24. The number of hydrogen-bond donors (Lipinski definition) is 2. The quantitative estimate of drug-likeness (QED) is 0.295. The first kappa shape index (κ1) is 29.0. The highest BCUT2D eigenvalue weighted by Gasteiger charge is 2.33. The minimum Gasteiger partial charge on any atom is -0.479 e. The van der Waals surface area contributed by atoms with Crippen LogP contribution in [0.25, 0.3) is 5.69 Å². The van der Waals surface area contributed by atoms with E-state index in [0.29, 0.717) is 5.69 Å². The highest BCUT2D eigenvalue weighted by atomic mass is 35.5. The minimum atomic E-state index is -1.38. The second-order valence-corrected chi connectivity index (χ2v) is 9.62. The average Bonchev–Trinajstić information content (AvgIpc) is 3.34. The number of hydrogen-bond acceptors (Lipinski definition) is 9. The highest BCUT2D eigenvalue weighted by molar-refractivity contribution is 6.30. The van der Waals surface area contributed by atoms with Crippen LogP contribution in [0.15, 0.2) is 41.5 Å². The van der Waals surface area contributed by atoms with Crippen LogP contribution in [0.3, 0.4) is 0 Å². The van der Waals surface area contributed by atoms with Crippen LogP contribution in [0.1, 0.15) is 58.7 Å². The lowest BCUT2D eigenvalue weighted by Crippen LogP contribution is -2.25. The lowest BCUT2D eigenvalue weighted by atomic mass is 9.91.